The van der Waals surface area contributed by atoms with E-state index in [0.717, 1.165) is 89.3 Å². The second kappa shape index (κ2) is 16.5. The first-order valence-electron chi connectivity index (χ1n) is 24.9. The van der Waals surface area contributed by atoms with Crippen LogP contribution in [-0.2, 0) is 0 Å². The van der Waals surface area contributed by atoms with Crippen LogP contribution in [0.25, 0.3) is 116 Å². The molecule has 0 unspecified atom stereocenters. The lowest BCUT2D eigenvalue weighted by molar-refractivity contribution is -0.571. The summed E-state index contributed by atoms with van der Waals surface area (Å²) in [6, 6.07) is 81.1. The van der Waals surface area contributed by atoms with Gasteiger partial charge in [-0.05, 0) is 96.9 Å². The van der Waals surface area contributed by atoms with Crippen LogP contribution in [0.15, 0.2) is 243 Å². The number of fused-ring (bicyclic) bond motifs is 10. The topological polar surface area (TPSA) is 58.6 Å². The van der Waals surface area contributed by atoms with Crippen LogP contribution in [0.1, 0.15) is 5.69 Å². The molecule has 9 aromatic carbocycles. The third kappa shape index (κ3) is 6.45. The van der Waals surface area contributed by atoms with Crippen molar-refractivity contribution >= 4 is 76.5 Å². The van der Waals surface area contributed by atoms with Crippen molar-refractivity contribution in [1.29, 1.82) is 0 Å². The summed E-state index contributed by atoms with van der Waals surface area (Å²) in [6.07, 6.45) is 7.68. The van der Waals surface area contributed by atoms with Gasteiger partial charge in [-0.15, -0.1) is 0 Å². The molecule has 15 rings (SSSR count). The molecule has 0 spiro atoms. The summed E-state index contributed by atoms with van der Waals surface area (Å²) in [4.78, 5) is 10.1. The van der Waals surface area contributed by atoms with Gasteiger partial charge in [0.25, 0.3) is 6.33 Å². The first-order chi connectivity index (χ1) is 36.6. The third-order valence-corrected chi connectivity index (χ3v) is 14.6. The van der Waals surface area contributed by atoms with Crippen LogP contribution >= 0.6 is 0 Å². The van der Waals surface area contributed by atoms with Gasteiger partial charge < -0.3 is 13.9 Å². The zero-order valence-corrected chi connectivity index (χ0v) is 40.1. The Labute approximate surface area is 425 Å². The second-order valence-electron chi connectivity index (χ2n) is 18.9. The minimum Gasteiger partial charge on any atom is -0.458 e. The summed E-state index contributed by atoms with van der Waals surface area (Å²) < 4.78 is 18.1. The van der Waals surface area contributed by atoms with E-state index in [1.165, 1.54) is 32.6 Å². The molecule has 0 saturated heterocycles. The highest BCUT2D eigenvalue weighted by atomic mass is 16.5. The fraction of sp³-hybridized carbons (Fsp3) is 0.0152. The molecule has 0 amide bonds. The van der Waals surface area contributed by atoms with E-state index in [1.807, 2.05) is 37.5 Å². The van der Waals surface area contributed by atoms with Gasteiger partial charge in [0.15, 0.2) is 0 Å². The van der Waals surface area contributed by atoms with Gasteiger partial charge in [-0.1, -0.05) is 146 Å². The first kappa shape index (κ1) is 41.7. The van der Waals surface area contributed by atoms with Crippen molar-refractivity contribution in [3.05, 3.63) is 255 Å². The van der Waals surface area contributed by atoms with Gasteiger partial charge in [0.05, 0.1) is 73.1 Å². The van der Waals surface area contributed by atoms with E-state index in [2.05, 4.69) is 241 Å². The molecule has 0 atom stereocenters. The fourth-order valence-corrected chi connectivity index (χ4v) is 11.4. The summed E-state index contributed by atoms with van der Waals surface area (Å²) in [5.74, 6) is 2.20. The van der Waals surface area contributed by atoms with Gasteiger partial charge >= 0.3 is 0 Å². The number of hydrogen-bond donors (Lipinski definition) is 0. The largest absolute Gasteiger partial charge is 0.458 e. The molecule has 348 valence electrons. The molecule has 15 aromatic rings. The number of aromatic nitrogens is 7. The van der Waals surface area contributed by atoms with E-state index < -0.39 is 0 Å². The van der Waals surface area contributed by atoms with Crippen LogP contribution in [-0.4, -0.2) is 28.2 Å². The maximum Gasteiger partial charge on any atom is 0.269 e. The monoisotopic (exact) mass is 949 g/mol. The van der Waals surface area contributed by atoms with E-state index >= 15 is 0 Å². The first-order valence-corrected chi connectivity index (χ1v) is 24.9. The van der Waals surface area contributed by atoms with Crippen molar-refractivity contribution < 1.29 is 9.30 Å². The highest BCUT2D eigenvalue weighted by Crippen LogP contribution is 2.41. The zero-order chi connectivity index (χ0) is 48.9. The Hall–Kier alpha value is -10.1. The van der Waals surface area contributed by atoms with E-state index in [4.69, 9.17) is 14.7 Å². The average molecular weight is 950 g/mol. The van der Waals surface area contributed by atoms with Crippen molar-refractivity contribution in [3.8, 4) is 51.2 Å². The SMILES string of the molecule is Cc1cc2c(cn1)c1ccc(Oc3cccc(-n4[c-][n+](-c5ccccc5-c5ccccc5)c5ccccc54)c3)cc1n2-c1ccc(-n2c3ccccc3c3cccc(-n4c5ccccc5c5ccccc54)c32)cn1. The molecule has 6 heterocycles. The molecule has 0 aliphatic rings. The Bertz CT molecular complexity index is 4660. The second-order valence-corrected chi connectivity index (χ2v) is 18.9. The molecule has 0 saturated carbocycles. The highest BCUT2D eigenvalue weighted by Gasteiger charge is 2.22. The normalized spacial score (nSPS) is 11.9. The molecular formula is C66H43N7O. The number of rotatable bonds is 8. The van der Waals surface area contributed by atoms with Gasteiger partial charge in [-0.3, -0.25) is 18.7 Å². The highest BCUT2D eigenvalue weighted by molar-refractivity contribution is 6.15. The zero-order valence-electron chi connectivity index (χ0n) is 40.1. The minimum atomic E-state index is 0.705. The Kier molecular flexibility index (Phi) is 9.31. The van der Waals surface area contributed by atoms with Gasteiger partial charge in [0.1, 0.15) is 17.3 Å². The van der Waals surface area contributed by atoms with Crippen LogP contribution in [0, 0.1) is 13.3 Å². The number of imidazole rings is 1. The number of hydrogen-bond acceptors (Lipinski definition) is 3. The summed E-state index contributed by atoms with van der Waals surface area (Å²) in [5, 5.41) is 6.93. The van der Waals surface area contributed by atoms with Crippen LogP contribution in [0.3, 0.4) is 0 Å². The van der Waals surface area contributed by atoms with Crippen LogP contribution in [0.5, 0.6) is 11.5 Å². The molecule has 0 aliphatic heterocycles. The summed E-state index contributed by atoms with van der Waals surface area (Å²) in [5.41, 5.74) is 15.9. The molecule has 0 bridgehead atoms. The minimum absolute atomic E-state index is 0.705. The lowest BCUT2D eigenvalue weighted by Gasteiger charge is -2.15. The van der Waals surface area contributed by atoms with Crippen LogP contribution in [0.2, 0.25) is 0 Å². The predicted molar refractivity (Wildman–Crippen MR) is 299 cm³/mol. The molecule has 6 aromatic heterocycles. The van der Waals surface area contributed by atoms with Gasteiger partial charge in [-0.25, -0.2) is 4.98 Å². The molecule has 0 N–H and O–H groups in total. The molecule has 0 radical (unpaired) electrons. The van der Waals surface area contributed by atoms with Crippen molar-refractivity contribution in [2.45, 2.75) is 6.92 Å². The molecular weight excluding hydrogens is 907 g/mol. The predicted octanol–water partition coefficient (Wildman–Crippen LogP) is 15.6. The lowest BCUT2D eigenvalue weighted by atomic mass is 10.0. The van der Waals surface area contributed by atoms with Crippen molar-refractivity contribution in [3.63, 3.8) is 0 Å². The Morgan fingerprint density at radius 2 is 1.05 bits per heavy atom. The summed E-state index contributed by atoms with van der Waals surface area (Å²) >= 11 is 0. The van der Waals surface area contributed by atoms with Crippen molar-refractivity contribution in [1.82, 2.24) is 28.2 Å². The van der Waals surface area contributed by atoms with E-state index in [-0.39, 0.29) is 0 Å². The van der Waals surface area contributed by atoms with E-state index in [9.17, 15) is 0 Å². The summed E-state index contributed by atoms with van der Waals surface area (Å²) in [6.45, 7) is 2.03. The van der Waals surface area contributed by atoms with Crippen LogP contribution < -0.4 is 9.30 Å². The quantitative estimate of drug-likeness (QED) is 0.113. The maximum atomic E-state index is 6.80. The smallest absolute Gasteiger partial charge is 0.269 e. The number of para-hydroxylation sites is 7. The van der Waals surface area contributed by atoms with Crippen molar-refractivity contribution in [2.75, 3.05) is 0 Å². The van der Waals surface area contributed by atoms with Gasteiger partial charge in [0, 0.05) is 50.3 Å². The molecule has 74 heavy (non-hydrogen) atoms. The number of ether oxygens (including phenoxy) is 1. The van der Waals surface area contributed by atoms with Crippen LogP contribution in [0.4, 0.5) is 0 Å². The number of nitrogens with zero attached hydrogens (tertiary/aromatic N) is 7. The standard InChI is InChI=1S/C66H43N7O/c1-43-37-63-55(41-67-43)53-35-34-48(74-47-20-15-19-45(38-47)69-42-70(61-31-14-13-30-60(61)69)56-26-9-5-21-49(56)44-17-3-2-4-18-44)39-64(53)73(63)65-36-33-46(40-68-65)71-57-27-10-8-24-52(57)54-25-16-32-62(66(54)71)72-58-28-11-6-22-50(58)51-23-7-12-29-59(51)72/h2-41H,1H3. The third-order valence-electron chi connectivity index (χ3n) is 14.6. The average Bonchev–Trinajstić information content (AvgIpc) is 4.23. The number of aryl methyl sites for hydroxylation is 1. The van der Waals surface area contributed by atoms with Gasteiger partial charge in [-0.2, -0.15) is 0 Å². The van der Waals surface area contributed by atoms with E-state index in [1.54, 1.807) is 0 Å². The fourth-order valence-electron chi connectivity index (χ4n) is 11.4. The maximum absolute atomic E-state index is 6.80. The summed E-state index contributed by atoms with van der Waals surface area (Å²) in [7, 11) is 0. The molecule has 8 nitrogen and oxygen atoms in total. The Morgan fingerprint density at radius 1 is 0.419 bits per heavy atom. The molecule has 0 aliphatic carbocycles. The molecule has 8 heteroatoms. The Morgan fingerprint density at radius 3 is 1.84 bits per heavy atom. The van der Waals surface area contributed by atoms with E-state index in [0.29, 0.717) is 11.5 Å². The van der Waals surface area contributed by atoms with Gasteiger partial charge in [0.2, 0.25) is 0 Å². The molecule has 0 fully saturated rings. The number of pyridine rings is 2. The lowest BCUT2D eigenvalue weighted by Crippen LogP contribution is -2.30. The van der Waals surface area contributed by atoms with Crippen molar-refractivity contribution in [2.24, 2.45) is 0 Å². The Balaban J connectivity index is 0.831. The number of benzene rings is 9.